The third-order valence-electron chi connectivity index (χ3n) is 1.91. The van der Waals surface area contributed by atoms with Gasteiger partial charge < -0.3 is 4.37 Å². The van der Waals surface area contributed by atoms with Crippen molar-refractivity contribution >= 4 is 32.7 Å². The van der Waals surface area contributed by atoms with E-state index in [1.54, 1.807) is 17.7 Å². The number of hydrogen-bond donors (Lipinski definition) is 1. The lowest BCUT2D eigenvalue weighted by Crippen LogP contribution is -1.73. The molecule has 0 aliphatic carbocycles. The minimum atomic E-state index is 0.828. The zero-order valence-corrected chi connectivity index (χ0v) is 6.93. The summed E-state index contributed by atoms with van der Waals surface area (Å²) in [6.45, 7) is 0. The summed E-state index contributed by atoms with van der Waals surface area (Å²) in [5, 5.41) is 2.34. The molecule has 3 aromatic heterocycles. The minimum Gasteiger partial charge on any atom is -0.317 e. The number of nitrogens with one attached hydrogen (secondary N) is 1. The van der Waals surface area contributed by atoms with E-state index < -0.39 is 0 Å². The van der Waals surface area contributed by atoms with E-state index in [0.29, 0.717) is 0 Å². The van der Waals surface area contributed by atoms with E-state index in [9.17, 15) is 0 Å². The van der Waals surface area contributed by atoms with E-state index in [0.717, 1.165) is 11.0 Å². The summed E-state index contributed by atoms with van der Waals surface area (Å²) in [6.07, 6.45) is 5.63. The SMILES string of the molecule is c1cc2c(n1)ncc1s[nH]cc12. The maximum Gasteiger partial charge on any atom is 0.159 e. The van der Waals surface area contributed by atoms with Crippen LogP contribution in [0.25, 0.3) is 21.1 Å². The molecule has 0 aliphatic heterocycles. The van der Waals surface area contributed by atoms with E-state index in [-0.39, 0.29) is 0 Å². The van der Waals surface area contributed by atoms with Gasteiger partial charge in [-0.2, -0.15) is 0 Å². The van der Waals surface area contributed by atoms with Crippen LogP contribution in [0.15, 0.2) is 24.7 Å². The smallest absolute Gasteiger partial charge is 0.159 e. The number of aromatic amines is 1. The Morgan fingerprint density at radius 2 is 2.25 bits per heavy atom. The Bertz CT molecular complexity index is 487. The summed E-state index contributed by atoms with van der Waals surface area (Å²) < 4.78 is 4.27. The van der Waals surface area contributed by atoms with Gasteiger partial charge in [0.25, 0.3) is 0 Å². The van der Waals surface area contributed by atoms with Gasteiger partial charge in [-0.25, -0.2) is 9.97 Å². The van der Waals surface area contributed by atoms with Crippen LogP contribution in [0.4, 0.5) is 0 Å². The molecule has 1 N–H and O–H groups in total. The fourth-order valence-electron chi connectivity index (χ4n) is 1.34. The molecule has 0 saturated carbocycles. The van der Waals surface area contributed by atoms with Gasteiger partial charge in [0.05, 0.1) is 4.70 Å². The normalized spacial score (nSPS) is 11.3. The predicted octanol–water partition coefficient (Wildman–Crippen LogP) is 2.17. The average molecular weight is 175 g/mol. The van der Waals surface area contributed by atoms with Gasteiger partial charge in [-0.1, -0.05) is 11.5 Å². The van der Waals surface area contributed by atoms with Crippen molar-refractivity contribution in [3.8, 4) is 0 Å². The molecule has 4 heteroatoms. The number of rotatable bonds is 0. The van der Waals surface area contributed by atoms with Crippen LogP contribution in [0.5, 0.6) is 0 Å². The van der Waals surface area contributed by atoms with Gasteiger partial charge in [0, 0.05) is 29.4 Å². The summed E-state index contributed by atoms with van der Waals surface area (Å²) in [7, 11) is 0. The van der Waals surface area contributed by atoms with Gasteiger partial charge >= 0.3 is 0 Å². The average Bonchev–Trinajstić information content (AvgIpc) is 2.71. The highest BCUT2D eigenvalue weighted by Crippen LogP contribution is 2.24. The van der Waals surface area contributed by atoms with Crippen molar-refractivity contribution < 1.29 is 0 Å². The highest BCUT2D eigenvalue weighted by Gasteiger charge is 2.02. The second-order valence-electron chi connectivity index (χ2n) is 2.58. The van der Waals surface area contributed by atoms with Crippen LogP contribution in [0, 0.1) is 0 Å². The molecule has 0 radical (unpaired) electrons. The molecule has 0 unspecified atom stereocenters. The quantitative estimate of drug-likeness (QED) is 0.569. The Hall–Kier alpha value is -1.42. The Balaban J connectivity index is 2.71. The van der Waals surface area contributed by atoms with Gasteiger partial charge in [0.15, 0.2) is 5.65 Å². The number of fused-ring (bicyclic) bond motifs is 3. The van der Waals surface area contributed by atoms with Crippen LogP contribution in [0.1, 0.15) is 0 Å². The fourth-order valence-corrected chi connectivity index (χ4v) is 2.03. The van der Waals surface area contributed by atoms with E-state index in [4.69, 9.17) is 0 Å². The van der Waals surface area contributed by atoms with Gasteiger partial charge in [0.1, 0.15) is 0 Å². The van der Waals surface area contributed by atoms with E-state index in [1.807, 2.05) is 18.5 Å². The molecule has 0 aliphatic rings. The lowest BCUT2D eigenvalue weighted by molar-refractivity contribution is 1.34. The summed E-state index contributed by atoms with van der Waals surface area (Å²) >= 11 is 1.59. The van der Waals surface area contributed by atoms with Gasteiger partial charge in [-0.3, -0.25) is 0 Å². The summed E-state index contributed by atoms with van der Waals surface area (Å²) in [6, 6.07) is 1.99. The van der Waals surface area contributed by atoms with Crippen LogP contribution >= 0.6 is 11.5 Å². The molecule has 3 rings (SSSR count). The molecule has 58 valence electrons. The molecule has 3 nitrogen and oxygen atoms in total. The van der Waals surface area contributed by atoms with Crippen molar-refractivity contribution in [2.75, 3.05) is 0 Å². The van der Waals surface area contributed by atoms with Gasteiger partial charge in [0.2, 0.25) is 0 Å². The van der Waals surface area contributed by atoms with E-state index in [2.05, 4.69) is 14.3 Å². The lowest BCUT2D eigenvalue weighted by atomic mass is 10.2. The van der Waals surface area contributed by atoms with Crippen molar-refractivity contribution in [1.29, 1.82) is 0 Å². The van der Waals surface area contributed by atoms with Gasteiger partial charge in [-0.15, -0.1) is 0 Å². The molecule has 12 heavy (non-hydrogen) atoms. The first-order valence-corrected chi connectivity index (χ1v) is 4.43. The van der Waals surface area contributed by atoms with Crippen LogP contribution in [-0.4, -0.2) is 14.3 Å². The molecule has 0 aromatic carbocycles. The van der Waals surface area contributed by atoms with Gasteiger partial charge in [-0.05, 0) is 6.07 Å². The van der Waals surface area contributed by atoms with E-state index in [1.165, 1.54) is 10.1 Å². The molecular weight excluding hydrogens is 170 g/mol. The zero-order valence-electron chi connectivity index (χ0n) is 6.11. The van der Waals surface area contributed by atoms with Crippen molar-refractivity contribution in [3.63, 3.8) is 0 Å². The van der Waals surface area contributed by atoms with Crippen LogP contribution < -0.4 is 0 Å². The zero-order chi connectivity index (χ0) is 7.97. The molecule has 0 atom stereocenters. The highest BCUT2D eigenvalue weighted by molar-refractivity contribution is 7.13. The second kappa shape index (κ2) is 2.04. The largest absolute Gasteiger partial charge is 0.317 e. The lowest BCUT2D eigenvalue weighted by Gasteiger charge is -1.88. The molecule has 3 heterocycles. The number of aromatic nitrogens is 3. The second-order valence-corrected chi connectivity index (χ2v) is 3.46. The Labute approximate surface area is 72.2 Å². The Kier molecular flexibility index (Phi) is 1.04. The first kappa shape index (κ1) is 6.14. The van der Waals surface area contributed by atoms with Crippen LogP contribution in [-0.2, 0) is 0 Å². The monoisotopic (exact) mass is 175 g/mol. The third kappa shape index (κ3) is 0.648. The molecule has 0 saturated heterocycles. The van der Waals surface area contributed by atoms with Crippen molar-refractivity contribution in [2.24, 2.45) is 0 Å². The molecule has 0 fully saturated rings. The minimum absolute atomic E-state index is 0.828. The summed E-state index contributed by atoms with van der Waals surface area (Å²) in [4.78, 5) is 8.35. The van der Waals surface area contributed by atoms with Crippen molar-refractivity contribution in [1.82, 2.24) is 14.3 Å². The molecular formula is C8H5N3S. The predicted molar refractivity (Wildman–Crippen MR) is 49.3 cm³/mol. The first-order chi connectivity index (χ1) is 5.95. The standard InChI is InChI=1S/C8H5N3S/c1-2-9-8-5(1)6-3-11-12-7(6)4-10-8/h1-4,11H. The number of nitrogens with zero attached hydrogens (tertiary/aromatic N) is 2. The van der Waals surface area contributed by atoms with E-state index >= 15 is 0 Å². The number of pyridine rings is 1. The molecule has 0 spiro atoms. The Morgan fingerprint density at radius 3 is 3.25 bits per heavy atom. The maximum atomic E-state index is 4.22. The van der Waals surface area contributed by atoms with Crippen molar-refractivity contribution in [2.45, 2.75) is 0 Å². The summed E-state index contributed by atoms with van der Waals surface area (Å²) in [5.41, 5.74) is 0.828. The molecule has 0 amide bonds. The topological polar surface area (TPSA) is 41.6 Å². The van der Waals surface area contributed by atoms with Crippen LogP contribution in [0.2, 0.25) is 0 Å². The Morgan fingerprint density at radius 1 is 1.25 bits per heavy atom. The maximum absolute atomic E-state index is 4.22. The number of hydrogen-bond acceptors (Lipinski definition) is 3. The first-order valence-electron chi connectivity index (χ1n) is 3.61. The van der Waals surface area contributed by atoms with Crippen LogP contribution in [0.3, 0.4) is 0 Å². The fraction of sp³-hybridized carbons (Fsp3) is 0. The number of H-pyrrole nitrogens is 1. The summed E-state index contributed by atoms with van der Waals surface area (Å²) in [5.74, 6) is 0. The van der Waals surface area contributed by atoms with Crippen molar-refractivity contribution in [3.05, 3.63) is 24.7 Å². The third-order valence-corrected chi connectivity index (χ3v) is 2.69. The molecule has 3 aromatic rings. The highest BCUT2D eigenvalue weighted by atomic mass is 32.1. The molecule has 0 bridgehead atoms.